The summed E-state index contributed by atoms with van der Waals surface area (Å²) in [4.78, 5) is 10.4. The molecular weight excluding hydrogens is 156 g/mol. The van der Waals surface area contributed by atoms with Crippen LogP contribution in [0.2, 0.25) is 0 Å². The van der Waals surface area contributed by atoms with Gasteiger partial charge in [0.05, 0.1) is 11.3 Å². The molecule has 60 valence electrons. The second-order valence-corrected chi connectivity index (χ2v) is 2.11. The Morgan fingerprint density at radius 3 is 2.42 bits per heavy atom. The molecule has 4 nitrogen and oxygen atoms in total. The average molecular weight is 162 g/mol. The van der Waals surface area contributed by atoms with Gasteiger partial charge < -0.3 is 5.11 Å². The molecule has 12 heavy (non-hydrogen) atoms. The monoisotopic (exact) mass is 162 g/mol. The molecule has 0 amide bonds. The van der Waals surface area contributed by atoms with E-state index in [2.05, 4.69) is 10.5 Å². The molecule has 0 aliphatic carbocycles. The molecule has 2 N–H and O–H groups in total. The third-order valence-electron chi connectivity index (χ3n) is 1.32. The number of carboxylic acids is 1. The Morgan fingerprint density at radius 1 is 1.42 bits per heavy atom. The van der Waals surface area contributed by atoms with Gasteiger partial charge in [0, 0.05) is 0 Å². The summed E-state index contributed by atoms with van der Waals surface area (Å²) >= 11 is 0. The van der Waals surface area contributed by atoms with Gasteiger partial charge in [-0.2, -0.15) is 5.10 Å². The molecule has 0 unspecified atom stereocenters. The van der Waals surface area contributed by atoms with Crippen LogP contribution >= 0.6 is 0 Å². The van der Waals surface area contributed by atoms with Gasteiger partial charge in [0.25, 0.3) is 0 Å². The number of carboxylic acid groups (broad SMARTS) is 1. The normalized spacial score (nSPS) is 9.00. The van der Waals surface area contributed by atoms with Gasteiger partial charge in [-0.15, -0.1) is 0 Å². The highest BCUT2D eigenvalue weighted by molar-refractivity contribution is 5.87. The molecule has 1 aromatic carbocycles. The van der Waals surface area contributed by atoms with E-state index in [4.69, 9.17) is 11.8 Å². The SMILES string of the molecule is [C]=NNc1ccc(C(=O)O)cc1. The largest absolute Gasteiger partial charge is 0.478 e. The summed E-state index contributed by atoms with van der Waals surface area (Å²) < 4.78 is 0. The molecule has 0 bridgehead atoms. The van der Waals surface area contributed by atoms with Gasteiger partial charge in [0.15, 0.2) is 0 Å². The van der Waals surface area contributed by atoms with Gasteiger partial charge >= 0.3 is 5.97 Å². The molecular formula is C8H6N2O2. The first-order valence-electron chi connectivity index (χ1n) is 3.20. The fourth-order valence-corrected chi connectivity index (χ4v) is 0.752. The van der Waals surface area contributed by atoms with Crippen molar-refractivity contribution in [3.8, 4) is 0 Å². The Balaban J connectivity index is 2.85. The van der Waals surface area contributed by atoms with Gasteiger partial charge in [-0.3, -0.25) is 5.43 Å². The van der Waals surface area contributed by atoms with Gasteiger partial charge in [-0.1, -0.05) is 0 Å². The third kappa shape index (κ3) is 1.82. The van der Waals surface area contributed by atoms with E-state index in [9.17, 15) is 4.79 Å². The van der Waals surface area contributed by atoms with E-state index in [1.165, 1.54) is 12.1 Å². The lowest BCUT2D eigenvalue weighted by Gasteiger charge is -1.98. The maximum absolute atomic E-state index is 10.4. The van der Waals surface area contributed by atoms with Crippen LogP contribution in [0.15, 0.2) is 29.4 Å². The molecule has 0 aromatic heterocycles. The van der Waals surface area contributed by atoms with Crippen molar-refractivity contribution < 1.29 is 9.90 Å². The van der Waals surface area contributed by atoms with Crippen LogP contribution in [0.25, 0.3) is 0 Å². The molecule has 0 fully saturated rings. The lowest BCUT2D eigenvalue weighted by atomic mass is 10.2. The molecule has 0 saturated carbocycles. The number of hydrogen-bond acceptors (Lipinski definition) is 3. The van der Waals surface area contributed by atoms with Gasteiger partial charge in [-0.25, -0.2) is 4.79 Å². The topological polar surface area (TPSA) is 61.7 Å². The Labute approximate surface area is 69.5 Å². The number of rotatable bonds is 3. The molecule has 1 rings (SSSR count). The average Bonchev–Trinajstić information content (AvgIpc) is 2.06. The standard InChI is InChI=1S/C8H6N2O2/c1-9-10-7-4-2-6(3-5-7)8(11)12/h2-5,10H,(H,11,12). The van der Waals surface area contributed by atoms with Crippen molar-refractivity contribution in [2.75, 3.05) is 5.43 Å². The highest BCUT2D eigenvalue weighted by Gasteiger charge is 2.00. The smallest absolute Gasteiger partial charge is 0.335 e. The number of nitrogens with zero attached hydrogens (tertiary/aromatic N) is 1. The number of hydrogen-bond donors (Lipinski definition) is 2. The Hall–Kier alpha value is -1.84. The minimum Gasteiger partial charge on any atom is -0.478 e. The number of hydrazone groups is 1. The van der Waals surface area contributed by atoms with Crippen LogP contribution in [0.5, 0.6) is 0 Å². The van der Waals surface area contributed by atoms with Crippen LogP contribution in [0.1, 0.15) is 10.4 Å². The van der Waals surface area contributed by atoms with Crippen LogP contribution in [0.3, 0.4) is 0 Å². The van der Waals surface area contributed by atoms with Crippen molar-refractivity contribution in [2.24, 2.45) is 5.10 Å². The molecule has 0 aliphatic rings. The number of anilines is 1. The Bertz CT molecular complexity index is 292. The van der Waals surface area contributed by atoms with Crippen molar-refractivity contribution >= 4 is 18.4 Å². The summed E-state index contributed by atoms with van der Waals surface area (Å²) in [5.41, 5.74) is 3.18. The zero-order chi connectivity index (χ0) is 8.97. The summed E-state index contributed by atoms with van der Waals surface area (Å²) in [6.45, 7) is 6.48. The number of nitrogens with one attached hydrogen (secondary N) is 1. The lowest BCUT2D eigenvalue weighted by Crippen LogP contribution is -1.95. The zero-order valence-corrected chi connectivity index (χ0v) is 6.11. The number of benzene rings is 1. The molecule has 0 heterocycles. The first kappa shape index (κ1) is 8.26. The number of carbonyl (C=O) groups is 1. The van der Waals surface area contributed by atoms with Crippen LogP contribution in [-0.2, 0) is 0 Å². The van der Waals surface area contributed by atoms with Crippen LogP contribution in [0.4, 0.5) is 5.69 Å². The van der Waals surface area contributed by atoms with Crippen molar-refractivity contribution in [1.82, 2.24) is 0 Å². The zero-order valence-electron chi connectivity index (χ0n) is 6.11. The fraction of sp³-hybridized carbons (Fsp3) is 0. The maximum atomic E-state index is 10.4. The number of aromatic carboxylic acids is 1. The highest BCUT2D eigenvalue weighted by atomic mass is 16.4. The van der Waals surface area contributed by atoms with Gasteiger partial charge in [-0.05, 0) is 24.3 Å². The first-order chi connectivity index (χ1) is 5.74. The minimum absolute atomic E-state index is 0.213. The summed E-state index contributed by atoms with van der Waals surface area (Å²) in [5, 5.41) is 11.5. The van der Waals surface area contributed by atoms with E-state index in [1.807, 2.05) is 0 Å². The van der Waals surface area contributed by atoms with E-state index in [0.29, 0.717) is 5.69 Å². The summed E-state index contributed by atoms with van der Waals surface area (Å²) in [7, 11) is 0. The van der Waals surface area contributed by atoms with Gasteiger partial charge in [0.2, 0.25) is 0 Å². The Morgan fingerprint density at radius 2 is 2.00 bits per heavy atom. The molecule has 4 heteroatoms. The molecule has 1 aromatic rings. The minimum atomic E-state index is -0.968. The van der Waals surface area contributed by atoms with Crippen molar-refractivity contribution in [2.45, 2.75) is 0 Å². The van der Waals surface area contributed by atoms with Gasteiger partial charge in [0.1, 0.15) is 6.72 Å². The lowest BCUT2D eigenvalue weighted by molar-refractivity contribution is 0.0697. The summed E-state index contributed by atoms with van der Waals surface area (Å²) in [6, 6.07) is 5.97. The second-order valence-electron chi connectivity index (χ2n) is 2.11. The fourth-order valence-electron chi connectivity index (χ4n) is 0.752. The van der Waals surface area contributed by atoms with Crippen LogP contribution < -0.4 is 5.43 Å². The van der Waals surface area contributed by atoms with E-state index < -0.39 is 5.97 Å². The van der Waals surface area contributed by atoms with Crippen LogP contribution in [-0.4, -0.2) is 17.8 Å². The van der Waals surface area contributed by atoms with E-state index in [1.54, 1.807) is 12.1 Å². The predicted octanol–water partition coefficient (Wildman–Crippen LogP) is 1.17. The molecule has 0 saturated heterocycles. The van der Waals surface area contributed by atoms with Crippen molar-refractivity contribution in [3.63, 3.8) is 0 Å². The maximum Gasteiger partial charge on any atom is 0.335 e. The predicted molar refractivity (Wildman–Crippen MR) is 44.5 cm³/mol. The van der Waals surface area contributed by atoms with Crippen LogP contribution in [0, 0.1) is 0 Å². The first-order valence-corrected chi connectivity index (χ1v) is 3.20. The summed E-state index contributed by atoms with van der Waals surface area (Å²) in [5.74, 6) is -0.968. The van der Waals surface area contributed by atoms with E-state index in [0.717, 1.165) is 0 Å². The quantitative estimate of drug-likeness (QED) is 0.518. The molecule has 0 atom stereocenters. The van der Waals surface area contributed by atoms with E-state index >= 15 is 0 Å². The Kier molecular flexibility index (Phi) is 2.42. The third-order valence-corrected chi connectivity index (χ3v) is 1.32. The second kappa shape index (κ2) is 3.52. The van der Waals surface area contributed by atoms with Crippen molar-refractivity contribution in [1.29, 1.82) is 0 Å². The highest BCUT2D eigenvalue weighted by Crippen LogP contribution is 2.08. The molecule has 2 radical (unpaired) electrons. The summed E-state index contributed by atoms with van der Waals surface area (Å²) in [6.07, 6.45) is 0. The molecule has 0 spiro atoms. The van der Waals surface area contributed by atoms with E-state index in [-0.39, 0.29) is 5.56 Å². The molecule has 0 aliphatic heterocycles. The van der Waals surface area contributed by atoms with Crippen molar-refractivity contribution in [3.05, 3.63) is 29.8 Å².